The molecule has 1 N–H and O–H groups in total. The molecular weight excluding hydrogens is 413 g/mol. The molecule has 0 aromatic heterocycles. The minimum Gasteiger partial charge on any atom is -0.490 e. The van der Waals surface area contributed by atoms with E-state index in [0.717, 1.165) is 24.0 Å². The van der Waals surface area contributed by atoms with Gasteiger partial charge in [-0.3, -0.25) is 0 Å². The van der Waals surface area contributed by atoms with Gasteiger partial charge in [-0.2, -0.15) is 0 Å². The van der Waals surface area contributed by atoms with Crippen LogP contribution in [0.4, 0.5) is 4.39 Å². The van der Waals surface area contributed by atoms with Crippen molar-refractivity contribution in [2.24, 2.45) is 0 Å². The lowest BCUT2D eigenvalue weighted by Crippen LogP contribution is -2.26. The van der Waals surface area contributed by atoms with Crippen LogP contribution in [0, 0.1) is 5.82 Å². The summed E-state index contributed by atoms with van der Waals surface area (Å²) in [6.07, 6.45) is 2.09. The van der Waals surface area contributed by atoms with Crippen LogP contribution in [0.2, 0.25) is 5.02 Å². The average molecular weight is 442 g/mol. The quantitative estimate of drug-likeness (QED) is 0.365. The van der Waals surface area contributed by atoms with Gasteiger partial charge in [-0.05, 0) is 67.6 Å². The summed E-state index contributed by atoms with van der Waals surface area (Å²) in [5.41, 5.74) is 3.24. The summed E-state index contributed by atoms with van der Waals surface area (Å²) >= 11 is 6.53. The van der Waals surface area contributed by atoms with Crippen molar-refractivity contribution in [2.45, 2.75) is 45.9 Å². The van der Waals surface area contributed by atoms with Crippen LogP contribution in [-0.4, -0.2) is 12.6 Å². The normalized spacial score (nSPS) is 11.9. The molecule has 1 atom stereocenters. The highest BCUT2D eigenvalue weighted by Gasteiger charge is 2.14. The molecule has 0 unspecified atom stereocenters. The van der Waals surface area contributed by atoms with Gasteiger partial charge >= 0.3 is 0 Å². The van der Waals surface area contributed by atoms with Crippen molar-refractivity contribution >= 4 is 11.6 Å². The number of hydrogen-bond donors (Lipinski definition) is 1. The molecule has 3 aromatic rings. The first-order valence-corrected chi connectivity index (χ1v) is 11.0. The van der Waals surface area contributed by atoms with Gasteiger partial charge in [-0.25, -0.2) is 4.39 Å². The predicted octanol–water partition coefficient (Wildman–Crippen LogP) is 6.57. The lowest BCUT2D eigenvalue weighted by molar-refractivity contribution is 0.269. The van der Waals surface area contributed by atoms with Crippen LogP contribution in [0.15, 0.2) is 66.7 Å². The largest absolute Gasteiger partial charge is 0.490 e. The Labute approximate surface area is 189 Å². The Balaban J connectivity index is 1.60. The van der Waals surface area contributed by atoms with Gasteiger partial charge < -0.3 is 14.8 Å². The zero-order chi connectivity index (χ0) is 22.1. The Hall–Kier alpha value is -2.56. The van der Waals surface area contributed by atoms with E-state index in [-0.39, 0.29) is 12.4 Å². The second-order valence-corrected chi connectivity index (χ2v) is 7.97. The zero-order valence-electron chi connectivity index (χ0n) is 18.0. The second kappa shape index (κ2) is 11.7. The summed E-state index contributed by atoms with van der Waals surface area (Å²) in [7, 11) is 0. The van der Waals surface area contributed by atoms with Crippen molar-refractivity contribution in [3.63, 3.8) is 0 Å². The van der Waals surface area contributed by atoms with E-state index in [0.29, 0.717) is 35.7 Å². The number of aryl methyl sites for hydroxylation is 1. The molecule has 164 valence electrons. The Morgan fingerprint density at radius 1 is 0.935 bits per heavy atom. The molecular formula is C26H29ClFNO2. The fraction of sp³-hybridized carbons (Fsp3) is 0.308. The van der Waals surface area contributed by atoms with E-state index in [1.807, 2.05) is 25.1 Å². The molecule has 3 rings (SSSR count). The molecule has 0 aliphatic rings. The van der Waals surface area contributed by atoms with E-state index in [9.17, 15) is 4.39 Å². The third kappa shape index (κ3) is 7.27. The highest BCUT2D eigenvalue weighted by molar-refractivity contribution is 6.32. The number of benzene rings is 3. The maximum atomic E-state index is 13.1. The number of halogens is 2. The Morgan fingerprint density at radius 3 is 2.39 bits per heavy atom. The Bertz CT molecular complexity index is 948. The summed E-state index contributed by atoms with van der Waals surface area (Å²) < 4.78 is 24.8. The lowest BCUT2D eigenvalue weighted by Gasteiger charge is -2.17. The van der Waals surface area contributed by atoms with Gasteiger partial charge in [-0.15, -0.1) is 0 Å². The van der Waals surface area contributed by atoms with E-state index in [1.54, 1.807) is 12.1 Å². The molecule has 0 radical (unpaired) electrons. The average Bonchev–Trinajstić information content (AvgIpc) is 2.78. The number of hydrogen-bond acceptors (Lipinski definition) is 3. The molecule has 0 amide bonds. The van der Waals surface area contributed by atoms with Crippen LogP contribution in [0.25, 0.3) is 0 Å². The molecule has 0 bridgehead atoms. The molecule has 0 aliphatic heterocycles. The van der Waals surface area contributed by atoms with Crippen LogP contribution in [0.5, 0.6) is 11.5 Å². The summed E-state index contributed by atoms with van der Waals surface area (Å²) in [4.78, 5) is 0. The van der Waals surface area contributed by atoms with Crippen LogP contribution in [0.3, 0.4) is 0 Å². The molecule has 0 saturated heterocycles. The highest BCUT2D eigenvalue weighted by Crippen LogP contribution is 2.37. The van der Waals surface area contributed by atoms with Crippen LogP contribution >= 0.6 is 11.6 Å². The van der Waals surface area contributed by atoms with Gasteiger partial charge in [0.2, 0.25) is 0 Å². The molecule has 31 heavy (non-hydrogen) atoms. The number of nitrogens with one attached hydrogen (secondary N) is 1. The van der Waals surface area contributed by atoms with Crippen LogP contribution < -0.4 is 14.8 Å². The Kier molecular flexibility index (Phi) is 8.74. The molecule has 0 heterocycles. The van der Waals surface area contributed by atoms with E-state index in [4.69, 9.17) is 21.1 Å². The molecule has 0 spiro atoms. The SMILES string of the molecule is CCOc1cc(CN[C@H](C)CCc2ccccc2)cc(Cl)c1OCc1ccc(F)cc1. The third-order valence-electron chi connectivity index (χ3n) is 5.03. The minimum absolute atomic E-state index is 0.272. The third-order valence-corrected chi connectivity index (χ3v) is 5.31. The summed E-state index contributed by atoms with van der Waals surface area (Å²) in [6, 6.07) is 21.0. The number of rotatable bonds is 11. The summed E-state index contributed by atoms with van der Waals surface area (Å²) in [5, 5.41) is 4.06. The van der Waals surface area contributed by atoms with Crippen molar-refractivity contribution < 1.29 is 13.9 Å². The topological polar surface area (TPSA) is 30.5 Å². The lowest BCUT2D eigenvalue weighted by atomic mass is 10.1. The first-order chi connectivity index (χ1) is 15.0. The highest BCUT2D eigenvalue weighted by atomic mass is 35.5. The van der Waals surface area contributed by atoms with Gasteiger partial charge in [-0.1, -0.05) is 54.1 Å². The van der Waals surface area contributed by atoms with Crippen molar-refractivity contribution in [3.05, 3.63) is 94.3 Å². The maximum Gasteiger partial charge on any atom is 0.180 e. The van der Waals surface area contributed by atoms with Gasteiger partial charge in [0.05, 0.1) is 11.6 Å². The van der Waals surface area contributed by atoms with E-state index in [2.05, 4.69) is 36.5 Å². The van der Waals surface area contributed by atoms with Crippen molar-refractivity contribution in [3.8, 4) is 11.5 Å². The standard InChI is InChI=1S/C26H29ClFNO2/c1-3-30-25-16-22(17-29-19(2)9-10-20-7-5-4-6-8-20)15-24(27)26(25)31-18-21-11-13-23(28)14-12-21/h4-8,11-16,19,29H,3,9-10,17-18H2,1-2H3/t19-/m1/s1. The summed E-state index contributed by atoms with van der Waals surface area (Å²) in [5.74, 6) is 0.853. The molecule has 0 saturated carbocycles. The minimum atomic E-state index is -0.272. The van der Waals surface area contributed by atoms with Gasteiger partial charge in [0.1, 0.15) is 12.4 Å². The van der Waals surface area contributed by atoms with Gasteiger partial charge in [0, 0.05) is 12.6 Å². The maximum absolute atomic E-state index is 13.1. The van der Waals surface area contributed by atoms with E-state index >= 15 is 0 Å². The van der Waals surface area contributed by atoms with E-state index < -0.39 is 0 Å². The Morgan fingerprint density at radius 2 is 1.68 bits per heavy atom. The van der Waals surface area contributed by atoms with Gasteiger partial charge in [0.15, 0.2) is 11.5 Å². The molecule has 3 aromatic carbocycles. The molecule has 0 aliphatic carbocycles. The van der Waals surface area contributed by atoms with Gasteiger partial charge in [0.25, 0.3) is 0 Å². The second-order valence-electron chi connectivity index (χ2n) is 7.56. The first-order valence-electron chi connectivity index (χ1n) is 10.6. The van der Waals surface area contributed by atoms with E-state index in [1.165, 1.54) is 17.7 Å². The summed E-state index contributed by atoms with van der Waals surface area (Å²) in [6.45, 7) is 5.60. The van der Waals surface area contributed by atoms with Crippen molar-refractivity contribution in [2.75, 3.05) is 6.61 Å². The predicted molar refractivity (Wildman–Crippen MR) is 124 cm³/mol. The fourth-order valence-electron chi connectivity index (χ4n) is 3.28. The zero-order valence-corrected chi connectivity index (χ0v) is 18.8. The number of ether oxygens (including phenoxy) is 2. The van der Waals surface area contributed by atoms with Crippen molar-refractivity contribution in [1.29, 1.82) is 0 Å². The fourth-order valence-corrected chi connectivity index (χ4v) is 3.57. The van der Waals surface area contributed by atoms with Crippen LogP contribution in [0.1, 0.15) is 37.0 Å². The van der Waals surface area contributed by atoms with Crippen LogP contribution in [-0.2, 0) is 19.6 Å². The molecule has 0 fully saturated rings. The molecule has 3 nitrogen and oxygen atoms in total. The first kappa shape index (κ1) is 23.1. The molecule has 5 heteroatoms. The smallest absolute Gasteiger partial charge is 0.180 e. The monoisotopic (exact) mass is 441 g/mol. The van der Waals surface area contributed by atoms with Crippen molar-refractivity contribution in [1.82, 2.24) is 5.32 Å².